The summed E-state index contributed by atoms with van der Waals surface area (Å²) in [5.41, 5.74) is 6.40. The molecule has 1 fully saturated rings. The van der Waals surface area contributed by atoms with E-state index in [2.05, 4.69) is 22.6 Å². The van der Waals surface area contributed by atoms with E-state index in [0.29, 0.717) is 6.42 Å². The average molecular weight is 301 g/mol. The first kappa shape index (κ1) is 10.1. The minimum Gasteiger partial charge on any atom is -0.319 e. The number of Topliss-reactive ketones (excluding diaryl/α,β-unsaturated/α-hetero) is 1. The third kappa shape index (κ3) is 2.15. The molecule has 3 heteroatoms. The van der Waals surface area contributed by atoms with E-state index in [-0.39, 0.29) is 5.78 Å². The van der Waals surface area contributed by atoms with Gasteiger partial charge >= 0.3 is 0 Å². The zero-order valence-electron chi connectivity index (χ0n) is 7.79. The normalized spacial score (nSPS) is 17.9. The second kappa shape index (κ2) is 3.62. The van der Waals surface area contributed by atoms with E-state index in [9.17, 15) is 4.79 Å². The predicted octanol–water partition coefficient (Wildman–Crippen LogP) is 1.89. The standard InChI is InChI=1S/C11H12INO/c12-9-3-1-8(2-4-9)7-10(14)11(13)5-6-11/h1-4H,5-7,13H2. The van der Waals surface area contributed by atoms with Gasteiger partial charge < -0.3 is 5.73 Å². The van der Waals surface area contributed by atoms with Gasteiger partial charge in [-0.2, -0.15) is 0 Å². The van der Waals surface area contributed by atoms with Gasteiger partial charge in [0.1, 0.15) is 0 Å². The van der Waals surface area contributed by atoms with Gasteiger partial charge in [0.2, 0.25) is 0 Å². The highest BCUT2D eigenvalue weighted by atomic mass is 127. The van der Waals surface area contributed by atoms with Crippen LogP contribution in [0.25, 0.3) is 0 Å². The molecule has 0 heterocycles. The summed E-state index contributed by atoms with van der Waals surface area (Å²) in [5, 5.41) is 0. The zero-order valence-corrected chi connectivity index (χ0v) is 9.95. The summed E-state index contributed by atoms with van der Waals surface area (Å²) in [6.07, 6.45) is 2.19. The fraction of sp³-hybridized carbons (Fsp3) is 0.364. The van der Waals surface area contributed by atoms with E-state index >= 15 is 0 Å². The lowest BCUT2D eigenvalue weighted by Crippen LogP contribution is -2.33. The summed E-state index contributed by atoms with van der Waals surface area (Å²) >= 11 is 2.25. The average Bonchev–Trinajstić information content (AvgIpc) is 2.89. The lowest BCUT2D eigenvalue weighted by molar-refractivity contribution is -0.120. The van der Waals surface area contributed by atoms with E-state index in [1.165, 1.54) is 3.57 Å². The molecule has 0 unspecified atom stereocenters. The molecule has 1 saturated carbocycles. The van der Waals surface area contributed by atoms with Crippen molar-refractivity contribution in [1.82, 2.24) is 0 Å². The van der Waals surface area contributed by atoms with Crippen LogP contribution in [0, 0.1) is 3.57 Å². The maximum absolute atomic E-state index is 11.7. The quantitative estimate of drug-likeness (QED) is 0.867. The molecule has 2 nitrogen and oxygen atoms in total. The van der Waals surface area contributed by atoms with Crippen LogP contribution in [0.15, 0.2) is 24.3 Å². The number of ketones is 1. The van der Waals surface area contributed by atoms with Gasteiger partial charge in [-0.05, 0) is 53.1 Å². The maximum atomic E-state index is 11.7. The first-order chi connectivity index (χ1) is 6.60. The minimum atomic E-state index is -0.483. The van der Waals surface area contributed by atoms with Crippen molar-refractivity contribution in [2.24, 2.45) is 5.73 Å². The Hall–Kier alpha value is -0.420. The summed E-state index contributed by atoms with van der Waals surface area (Å²) in [6.45, 7) is 0. The number of carbonyl (C=O) groups is 1. The van der Waals surface area contributed by atoms with E-state index in [0.717, 1.165) is 18.4 Å². The van der Waals surface area contributed by atoms with Crippen LogP contribution in [0.1, 0.15) is 18.4 Å². The lowest BCUT2D eigenvalue weighted by atomic mass is 10.0. The monoisotopic (exact) mass is 301 g/mol. The van der Waals surface area contributed by atoms with Crippen LogP contribution in [0.4, 0.5) is 0 Å². The SMILES string of the molecule is NC1(C(=O)Cc2ccc(I)cc2)CC1. The topological polar surface area (TPSA) is 43.1 Å². The Labute approximate surface area is 97.0 Å². The number of halogens is 1. The Morgan fingerprint density at radius 3 is 2.43 bits per heavy atom. The van der Waals surface area contributed by atoms with Crippen LogP contribution in [-0.2, 0) is 11.2 Å². The van der Waals surface area contributed by atoms with Gasteiger partial charge in [0, 0.05) is 9.99 Å². The van der Waals surface area contributed by atoms with Crippen LogP contribution >= 0.6 is 22.6 Å². The Morgan fingerprint density at radius 1 is 1.36 bits per heavy atom. The third-order valence-corrected chi connectivity index (χ3v) is 3.34. The van der Waals surface area contributed by atoms with Crippen LogP contribution in [-0.4, -0.2) is 11.3 Å². The molecule has 0 saturated heterocycles. The summed E-state index contributed by atoms with van der Waals surface area (Å²) < 4.78 is 1.19. The molecule has 0 atom stereocenters. The van der Waals surface area contributed by atoms with Crippen LogP contribution in [0.2, 0.25) is 0 Å². The lowest BCUT2D eigenvalue weighted by Gasteiger charge is -2.06. The molecular formula is C11H12INO. The molecule has 0 radical (unpaired) electrons. The predicted molar refractivity (Wildman–Crippen MR) is 64.0 cm³/mol. The molecule has 1 aromatic rings. The van der Waals surface area contributed by atoms with Crippen LogP contribution in [0.5, 0.6) is 0 Å². The first-order valence-corrected chi connectivity index (χ1v) is 5.75. The first-order valence-electron chi connectivity index (χ1n) is 4.67. The van der Waals surface area contributed by atoms with Crippen molar-refractivity contribution in [3.8, 4) is 0 Å². The van der Waals surface area contributed by atoms with Gasteiger partial charge in [0.15, 0.2) is 5.78 Å². The number of carbonyl (C=O) groups excluding carboxylic acids is 1. The second-order valence-electron chi connectivity index (χ2n) is 3.88. The molecule has 2 N–H and O–H groups in total. The summed E-state index contributed by atoms with van der Waals surface area (Å²) in [7, 11) is 0. The van der Waals surface area contributed by atoms with Crippen molar-refractivity contribution in [3.05, 3.63) is 33.4 Å². The van der Waals surface area contributed by atoms with Gasteiger partial charge in [-0.25, -0.2) is 0 Å². The van der Waals surface area contributed by atoms with Gasteiger partial charge in [0.05, 0.1) is 5.54 Å². The number of benzene rings is 1. The Morgan fingerprint density at radius 2 is 1.93 bits per heavy atom. The zero-order chi connectivity index (χ0) is 10.2. The third-order valence-electron chi connectivity index (χ3n) is 2.62. The van der Waals surface area contributed by atoms with Gasteiger partial charge in [0.25, 0.3) is 0 Å². The largest absolute Gasteiger partial charge is 0.319 e. The van der Waals surface area contributed by atoms with Crippen molar-refractivity contribution in [1.29, 1.82) is 0 Å². The Kier molecular flexibility index (Phi) is 2.62. The van der Waals surface area contributed by atoms with E-state index in [1.807, 2.05) is 24.3 Å². The number of hydrogen-bond donors (Lipinski definition) is 1. The van der Waals surface area contributed by atoms with Gasteiger partial charge in [-0.15, -0.1) is 0 Å². The molecule has 0 aromatic heterocycles. The fourth-order valence-corrected chi connectivity index (χ4v) is 1.74. The van der Waals surface area contributed by atoms with Crippen LogP contribution < -0.4 is 5.73 Å². The number of nitrogens with two attached hydrogens (primary N) is 1. The molecule has 1 aromatic carbocycles. The molecule has 0 amide bonds. The van der Waals surface area contributed by atoms with Crippen molar-refractivity contribution < 1.29 is 4.79 Å². The molecule has 1 aliphatic carbocycles. The Balaban J connectivity index is 2.04. The maximum Gasteiger partial charge on any atom is 0.156 e. The second-order valence-corrected chi connectivity index (χ2v) is 5.13. The highest BCUT2D eigenvalue weighted by Gasteiger charge is 2.44. The number of rotatable bonds is 3. The highest BCUT2D eigenvalue weighted by Crippen LogP contribution is 2.34. The smallest absolute Gasteiger partial charge is 0.156 e. The Bertz CT molecular complexity index is 354. The molecule has 1 aliphatic rings. The summed E-state index contributed by atoms with van der Waals surface area (Å²) in [5.74, 6) is 0.179. The van der Waals surface area contributed by atoms with Crippen LogP contribution in [0.3, 0.4) is 0 Å². The van der Waals surface area contributed by atoms with E-state index in [4.69, 9.17) is 5.73 Å². The molecule has 2 rings (SSSR count). The molecular weight excluding hydrogens is 289 g/mol. The van der Waals surface area contributed by atoms with E-state index < -0.39 is 5.54 Å². The van der Waals surface area contributed by atoms with Gasteiger partial charge in [-0.1, -0.05) is 12.1 Å². The van der Waals surface area contributed by atoms with Crippen molar-refractivity contribution >= 4 is 28.4 Å². The van der Waals surface area contributed by atoms with Crippen molar-refractivity contribution in [2.45, 2.75) is 24.8 Å². The number of hydrogen-bond acceptors (Lipinski definition) is 2. The van der Waals surface area contributed by atoms with Gasteiger partial charge in [-0.3, -0.25) is 4.79 Å². The van der Waals surface area contributed by atoms with Crippen molar-refractivity contribution in [2.75, 3.05) is 0 Å². The molecule has 0 aliphatic heterocycles. The molecule has 74 valence electrons. The summed E-state index contributed by atoms with van der Waals surface area (Å²) in [4.78, 5) is 11.7. The molecule has 14 heavy (non-hydrogen) atoms. The fourth-order valence-electron chi connectivity index (χ4n) is 1.38. The van der Waals surface area contributed by atoms with E-state index in [1.54, 1.807) is 0 Å². The molecule has 0 bridgehead atoms. The van der Waals surface area contributed by atoms with Crippen molar-refractivity contribution in [3.63, 3.8) is 0 Å². The summed E-state index contributed by atoms with van der Waals surface area (Å²) in [6, 6.07) is 8.01. The highest BCUT2D eigenvalue weighted by molar-refractivity contribution is 14.1. The molecule has 0 spiro atoms. The minimum absolute atomic E-state index is 0.179.